The van der Waals surface area contributed by atoms with Gasteiger partial charge in [-0.15, -0.1) is 0 Å². The molecule has 0 aliphatic heterocycles. The predicted molar refractivity (Wildman–Crippen MR) is 80.7 cm³/mol. The van der Waals surface area contributed by atoms with E-state index < -0.39 is 0 Å². The van der Waals surface area contributed by atoms with E-state index in [1.165, 1.54) is 12.8 Å². The molecule has 0 amide bonds. The molecular formula is C17H14N4. The van der Waals surface area contributed by atoms with Gasteiger partial charge in [-0.1, -0.05) is 0 Å². The Morgan fingerprint density at radius 1 is 1.24 bits per heavy atom. The molecule has 0 bridgehead atoms. The number of hydrogen-bond donors (Lipinski definition) is 0. The minimum atomic E-state index is 0.534. The van der Waals surface area contributed by atoms with Gasteiger partial charge in [0.25, 0.3) is 0 Å². The van der Waals surface area contributed by atoms with Crippen molar-refractivity contribution in [1.82, 2.24) is 14.5 Å². The van der Waals surface area contributed by atoms with Gasteiger partial charge in [-0.05, 0) is 50.1 Å². The van der Waals surface area contributed by atoms with Crippen molar-refractivity contribution in [1.29, 1.82) is 5.26 Å². The number of nitriles is 1. The topological polar surface area (TPSA) is 54.5 Å². The summed E-state index contributed by atoms with van der Waals surface area (Å²) in [4.78, 5) is 9.03. The Bertz CT molecular complexity index is 881. The van der Waals surface area contributed by atoms with Gasteiger partial charge in [0.1, 0.15) is 5.82 Å². The van der Waals surface area contributed by atoms with Crippen LogP contribution in [0.1, 0.15) is 30.1 Å². The lowest BCUT2D eigenvalue weighted by atomic mass is 10.2. The lowest BCUT2D eigenvalue weighted by Crippen LogP contribution is -1.97. The molecule has 1 aliphatic rings. The highest BCUT2D eigenvalue weighted by Crippen LogP contribution is 2.41. The Hall–Kier alpha value is -2.67. The summed E-state index contributed by atoms with van der Waals surface area (Å²) < 4.78 is 2.31. The molecule has 4 rings (SSSR count). The van der Waals surface area contributed by atoms with E-state index in [1.807, 2.05) is 37.4 Å². The largest absolute Gasteiger partial charge is 0.321 e. The Labute approximate surface area is 122 Å². The molecule has 4 heteroatoms. The van der Waals surface area contributed by atoms with Gasteiger partial charge >= 0.3 is 0 Å². The summed E-state index contributed by atoms with van der Waals surface area (Å²) in [6, 6.07) is 12.5. The van der Waals surface area contributed by atoms with Gasteiger partial charge in [0.05, 0.1) is 22.7 Å². The first-order valence-electron chi connectivity index (χ1n) is 7.11. The standard InChI is InChI=1S/C17H14N4/c1-11-8-13(6-7-19-11)17-20-15-9-12(10-18)2-5-16(15)21(17)14-3-4-14/h2,5-9,14H,3-4H2,1H3. The van der Waals surface area contributed by atoms with Crippen LogP contribution in [-0.4, -0.2) is 14.5 Å². The average Bonchev–Trinajstić information content (AvgIpc) is 3.26. The molecule has 2 aromatic heterocycles. The van der Waals surface area contributed by atoms with Gasteiger partial charge in [-0.3, -0.25) is 4.98 Å². The first-order valence-corrected chi connectivity index (χ1v) is 7.11. The Morgan fingerprint density at radius 2 is 2.10 bits per heavy atom. The minimum Gasteiger partial charge on any atom is -0.321 e. The van der Waals surface area contributed by atoms with E-state index in [1.54, 1.807) is 0 Å². The molecule has 1 aliphatic carbocycles. The van der Waals surface area contributed by atoms with E-state index in [-0.39, 0.29) is 0 Å². The number of imidazole rings is 1. The monoisotopic (exact) mass is 274 g/mol. The molecule has 102 valence electrons. The van der Waals surface area contributed by atoms with Crippen LogP contribution >= 0.6 is 0 Å². The molecule has 0 atom stereocenters. The maximum absolute atomic E-state index is 9.06. The maximum atomic E-state index is 9.06. The fourth-order valence-corrected chi connectivity index (χ4v) is 2.76. The van der Waals surface area contributed by atoms with Crippen molar-refractivity contribution in [3.63, 3.8) is 0 Å². The Kier molecular flexibility index (Phi) is 2.55. The van der Waals surface area contributed by atoms with Crippen LogP contribution in [0.5, 0.6) is 0 Å². The number of rotatable bonds is 2. The van der Waals surface area contributed by atoms with E-state index in [4.69, 9.17) is 10.2 Å². The molecule has 4 nitrogen and oxygen atoms in total. The van der Waals surface area contributed by atoms with Gasteiger partial charge in [0.15, 0.2) is 0 Å². The molecule has 0 unspecified atom stereocenters. The smallest absolute Gasteiger partial charge is 0.141 e. The van der Waals surface area contributed by atoms with Crippen LogP contribution in [0.15, 0.2) is 36.5 Å². The van der Waals surface area contributed by atoms with Crippen LogP contribution in [0.25, 0.3) is 22.4 Å². The molecule has 0 saturated heterocycles. The van der Waals surface area contributed by atoms with E-state index in [9.17, 15) is 0 Å². The molecular weight excluding hydrogens is 260 g/mol. The summed E-state index contributed by atoms with van der Waals surface area (Å²) in [5.41, 5.74) is 4.73. The fraction of sp³-hybridized carbons (Fsp3) is 0.235. The zero-order valence-electron chi connectivity index (χ0n) is 11.7. The lowest BCUT2D eigenvalue weighted by molar-refractivity contribution is 0.775. The van der Waals surface area contributed by atoms with Gasteiger partial charge in [0, 0.05) is 23.5 Å². The molecule has 2 heterocycles. The van der Waals surface area contributed by atoms with Crippen LogP contribution in [-0.2, 0) is 0 Å². The summed E-state index contributed by atoms with van der Waals surface area (Å²) in [5, 5.41) is 9.06. The third kappa shape index (κ3) is 1.98. The zero-order chi connectivity index (χ0) is 14.4. The summed E-state index contributed by atoms with van der Waals surface area (Å²) in [6.45, 7) is 1.99. The molecule has 1 saturated carbocycles. The highest BCUT2D eigenvalue weighted by Gasteiger charge is 2.28. The van der Waals surface area contributed by atoms with Crippen molar-refractivity contribution in [2.24, 2.45) is 0 Å². The minimum absolute atomic E-state index is 0.534. The van der Waals surface area contributed by atoms with E-state index in [0.29, 0.717) is 11.6 Å². The van der Waals surface area contributed by atoms with E-state index in [2.05, 4.69) is 21.7 Å². The summed E-state index contributed by atoms with van der Waals surface area (Å²) in [6.07, 6.45) is 4.22. The molecule has 3 aromatic rings. The van der Waals surface area contributed by atoms with Crippen molar-refractivity contribution in [3.8, 4) is 17.5 Å². The average molecular weight is 274 g/mol. The number of fused-ring (bicyclic) bond motifs is 1. The number of aryl methyl sites for hydroxylation is 1. The third-order valence-corrected chi connectivity index (χ3v) is 3.89. The maximum Gasteiger partial charge on any atom is 0.141 e. The second-order valence-electron chi connectivity index (χ2n) is 5.54. The van der Waals surface area contributed by atoms with Gasteiger partial charge in [0.2, 0.25) is 0 Å². The van der Waals surface area contributed by atoms with Crippen molar-refractivity contribution in [2.45, 2.75) is 25.8 Å². The second-order valence-corrected chi connectivity index (χ2v) is 5.54. The number of hydrogen-bond acceptors (Lipinski definition) is 3. The highest BCUT2D eigenvalue weighted by atomic mass is 15.1. The third-order valence-electron chi connectivity index (χ3n) is 3.89. The van der Waals surface area contributed by atoms with Crippen LogP contribution in [0.2, 0.25) is 0 Å². The number of nitrogens with zero attached hydrogens (tertiary/aromatic N) is 4. The van der Waals surface area contributed by atoms with Crippen LogP contribution in [0.3, 0.4) is 0 Å². The molecule has 1 aromatic carbocycles. The van der Waals surface area contributed by atoms with Gasteiger partial charge in [-0.25, -0.2) is 4.98 Å². The first-order chi connectivity index (χ1) is 10.3. The van der Waals surface area contributed by atoms with Crippen molar-refractivity contribution in [2.75, 3.05) is 0 Å². The summed E-state index contributed by atoms with van der Waals surface area (Å²) in [7, 11) is 0. The van der Waals surface area contributed by atoms with E-state index >= 15 is 0 Å². The Morgan fingerprint density at radius 3 is 2.81 bits per heavy atom. The zero-order valence-corrected chi connectivity index (χ0v) is 11.7. The fourth-order valence-electron chi connectivity index (χ4n) is 2.76. The number of pyridine rings is 1. The van der Waals surface area contributed by atoms with Crippen LogP contribution < -0.4 is 0 Å². The first kappa shape index (κ1) is 12.1. The summed E-state index contributed by atoms with van der Waals surface area (Å²) in [5.74, 6) is 0.980. The molecule has 0 spiro atoms. The quantitative estimate of drug-likeness (QED) is 0.717. The van der Waals surface area contributed by atoms with Gasteiger partial charge < -0.3 is 4.57 Å². The van der Waals surface area contributed by atoms with Crippen molar-refractivity contribution < 1.29 is 0 Å². The SMILES string of the molecule is Cc1cc(-c2nc3cc(C#N)ccc3n2C2CC2)ccn1. The molecule has 1 fully saturated rings. The van der Waals surface area contributed by atoms with Crippen LogP contribution in [0.4, 0.5) is 0 Å². The van der Waals surface area contributed by atoms with Crippen molar-refractivity contribution >= 4 is 11.0 Å². The number of benzene rings is 1. The van der Waals surface area contributed by atoms with Crippen LogP contribution in [0, 0.1) is 18.3 Å². The highest BCUT2D eigenvalue weighted by molar-refractivity contribution is 5.82. The molecule has 0 N–H and O–H groups in total. The van der Waals surface area contributed by atoms with E-state index in [0.717, 1.165) is 28.1 Å². The number of aromatic nitrogens is 3. The molecule has 0 radical (unpaired) electrons. The van der Waals surface area contributed by atoms with Crippen molar-refractivity contribution in [3.05, 3.63) is 47.8 Å². The normalized spacial score (nSPS) is 14.3. The lowest BCUT2D eigenvalue weighted by Gasteiger charge is -2.08. The summed E-state index contributed by atoms with van der Waals surface area (Å²) >= 11 is 0. The Balaban J connectivity index is 1.99. The van der Waals surface area contributed by atoms with Gasteiger partial charge in [-0.2, -0.15) is 5.26 Å². The predicted octanol–water partition coefficient (Wildman–Crippen LogP) is 3.61. The molecule has 21 heavy (non-hydrogen) atoms. The second kappa shape index (κ2) is 4.42.